The summed E-state index contributed by atoms with van der Waals surface area (Å²) in [6.07, 6.45) is 1.48. The number of hydrogen-bond acceptors (Lipinski definition) is 5. The Morgan fingerprint density at radius 3 is 2.96 bits per heavy atom. The summed E-state index contributed by atoms with van der Waals surface area (Å²) in [5.41, 5.74) is 8.16. The van der Waals surface area contributed by atoms with Gasteiger partial charge in [-0.3, -0.25) is 15.6 Å². The van der Waals surface area contributed by atoms with Crippen molar-refractivity contribution in [3.05, 3.63) is 28.6 Å². The van der Waals surface area contributed by atoms with Crippen LogP contribution < -0.4 is 16.2 Å². The van der Waals surface area contributed by atoms with E-state index in [1.807, 2.05) is 0 Å². The minimum Gasteiger partial charge on any atom is -0.348 e. The van der Waals surface area contributed by atoms with Crippen molar-refractivity contribution in [1.82, 2.24) is 21.2 Å². The molecular formula is C16H20FN5O. The molecule has 1 amide bonds. The average molecular weight is 317 g/mol. The summed E-state index contributed by atoms with van der Waals surface area (Å²) in [6.45, 7) is 4.29. The fraction of sp³-hybridized carbons (Fsp3) is 0.562. The van der Waals surface area contributed by atoms with Gasteiger partial charge in [-0.1, -0.05) is 0 Å². The van der Waals surface area contributed by atoms with Crippen LogP contribution in [0.4, 0.5) is 4.39 Å². The van der Waals surface area contributed by atoms with Crippen molar-refractivity contribution >= 4 is 5.91 Å². The first-order valence-electron chi connectivity index (χ1n) is 7.81. The topological polar surface area (TPSA) is 89.8 Å². The summed E-state index contributed by atoms with van der Waals surface area (Å²) in [6, 6.07) is 1.69. The lowest BCUT2D eigenvalue weighted by molar-refractivity contribution is 0.0870. The highest BCUT2D eigenvalue weighted by atomic mass is 19.1. The van der Waals surface area contributed by atoms with E-state index in [-0.39, 0.29) is 23.9 Å². The van der Waals surface area contributed by atoms with Gasteiger partial charge >= 0.3 is 0 Å². The lowest BCUT2D eigenvalue weighted by Crippen LogP contribution is -2.50. The van der Waals surface area contributed by atoms with Crippen molar-refractivity contribution in [2.24, 2.45) is 5.92 Å². The number of hydrogen-bond donors (Lipinski definition) is 3. The molecule has 7 heteroatoms. The summed E-state index contributed by atoms with van der Waals surface area (Å²) >= 11 is 0. The van der Waals surface area contributed by atoms with E-state index in [9.17, 15) is 9.18 Å². The third kappa shape index (κ3) is 2.92. The Labute approximate surface area is 134 Å². The largest absolute Gasteiger partial charge is 0.348 e. The second kappa shape index (κ2) is 6.22. The molecule has 3 N–H and O–H groups in total. The summed E-state index contributed by atoms with van der Waals surface area (Å²) in [7, 11) is 0. The number of fused-ring (bicyclic) bond motifs is 1. The molecule has 6 nitrogen and oxygen atoms in total. The SMILES string of the molecule is Cc1c(C#N)cnc(C(=O)NC2CC(F)C3NNCC3C2)c1C. The third-order valence-corrected chi connectivity index (χ3v) is 4.94. The van der Waals surface area contributed by atoms with Crippen LogP contribution in [0.15, 0.2) is 6.20 Å². The summed E-state index contributed by atoms with van der Waals surface area (Å²) in [5, 5.41) is 11.9. The van der Waals surface area contributed by atoms with Crippen LogP contribution in [0.1, 0.15) is 40.0 Å². The van der Waals surface area contributed by atoms with Crippen LogP contribution in [-0.2, 0) is 0 Å². The van der Waals surface area contributed by atoms with Gasteiger partial charge in [-0.15, -0.1) is 0 Å². The van der Waals surface area contributed by atoms with Gasteiger partial charge in [0.25, 0.3) is 5.91 Å². The van der Waals surface area contributed by atoms with E-state index in [0.29, 0.717) is 29.8 Å². The van der Waals surface area contributed by atoms with E-state index in [1.165, 1.54) is 6.20 Å². The number of carbonyl (C=O) groups is 1. The zero-order chi connectivity index (χ0) is 16.6. The van der Waals surface area contributed by atoms with Crippen molar-refractivity contribution in [3.63, 3.8) is 0 Å². The lowest BCUT2D eigenvalue weighted by Gasteiger charge is -2.34. The molecule has 0 radical (unpaired) electrons. The molecular weight excluding hydrogens is 297 g/mol. The van der Waals surface area contributed by atoms with Crippen molar-refractivity contribution < 1.29 is 9.18 Å². The highest BCUT2D eigenvalue weighted by Gasteiger charge is 2.41. The van der Waals surface area contributed by atoms with Crippen LogP contribution in [-0.4, -0.2) is 35.7 Å². The highest BCUT2D eigenvalue weighted by Crippen LogP contribution is 2.29. The first-order chi connectivity index (χ1) is 11.0. The summed E-state index contributed by atoms with van der Waals surface area (Å²) < 4.78 is 14.2. The van der Waals surface area contributed by atoms with Gasteiger partial charge < -0.3 is 5.32 Å². The van der Waals surface area contributed by atoms with Crippen LogP contribution in [0.3, 0.4) is 0 Å². The van der Waals surface area contributed by atoms with Crippen molar-refractivity contribution in [2.45, 2.75) is 44.9 Å². The molecule has 1 aromatic heterocycles. The number of nitrogens with zero attached hydrogens (tertiary/aromatic N) is 2. The summed E-state index contributed by atoms with van der Waals surface area (Å²) in [5.74, 6) is -0.120. The van der Waals surface area contributed by atoms with Crippen molar-refractivity contribution in [3.8, 4) is 6.07 Å². The minimum atomic E-state index is -0.981. The van der Waals surface area contributed by atoms with Crippen LogP contribution in [0, 0.1) is 31.1 Å². The maximum absolute atomic E-state index is 14.2. The minimum absolute atomic E-state index is 0.167. The highest BCUT2D eigenvalue weighted by molar-refractivity contribution is 5.94. The Balaban J connectivity index is 1.73. The molecule has 0 bridgehead atoms. The predicted octanol–water partition coefficient (Wildman–Crippen LogP) is 0.893. The van der Waals surface area contributed by atoms with Gasteiger partial charge in [0.15, 0.2) is 0 Å². The third-order valence-electron chi connectivity index (χ3n) is 4.94. The molecule has 1 aliphatic heterocycles. The van der Waals surface area contributed by atoms with Crippen LogP contribution in [0.5, 0.6) is 0 Å². The molecule has 1 aromatic rings. The second-order valence-corrected chi connectivity index (χ2v) is 6.35. The van der Waals surface area contributed by atoms with E-state index in [0.717, 1.165) is 12.0 Å². The average Bonchev–Trinajstić information content (AvgIpc) is 2.98. The number of pyridine rings is 1. The first kappa shape index (κ1) is 15.8. The number of aromatic nitrogens is 1. The zero-order valence-electron chi connectivity index (χ0n) is 13.2. The van der Waals surface area contributed by atoms with Crippen LogP contribution in [0.25, 0.3) is 0 Å². The Kier molecular flexibility index (Phi) is 4.28. The number of nitriles is 1. The molecule has 2 heterocycles. The molecule has 0 aromatic carbocycles. The van der Waals surface area contributed by atoms with E-state index >= 15 is 0 Å². The number of rotatable bonds is 2. The first-order valence-corrected chi connectivity index (χ1v) is 7.81. The van der Waals surface area contributed by atoms with Gasteiger partial charge in [0.05, 0.1) is 11.6 Å². The molecule has 1 saturated heterocycles. The monoisotopic (exact) mass is 317 g/mol. The van der Waals surface area contributed by atoms with Gasteiger partial charge in [-0.2, -0.15) is 5.26 Å². The summed E-state index contributed by atoms with van der Waals surface area (Å²) in [4.78, 5) is 16.6. The molecule has 2 aliphatic rings. The van der Waals surface area contributed by atoms with Gasteiger partial charge in [-0.05, 0) is 37.3 Å². The van der Waals surface area contributed by atoms with Gasteiger partial charge in [-0.25, -0.2) is 9.37 Å². The Morgan fingerprint density at radius 1 is 1.43 bits per heavy atom. The van der Waals surface area contributed by atoms with E-state index < -0.39 is 6.17 Å². The molecule has 1 aliphatic carbocycles. The zero-order valence-corrected chi connectivity index (χ0v) is 13.2. The molecule has 4 unspecified atom stereocenters. The second-order valence-electron chi connectivity index (χ2n) is 6.35. The number of nitrogens with one attached hydrogen (secondary N) is 3. The lowest BCUT2D eigenvalue weighted by atomic mass is 9.81. The van der Waals surface area contributed by atoms with E-state index in [2.05, 4.69) is 27.2 Å². The number of halogens is 1. The molecule has 4 atom stereocenters. The number of hydrazine groups is 1. The predicted molar refractivity (Wildman–Crippen MR) is 82.2 cm³/mol. The molecule has 122 valence electrons. The number of amides is 1. The maximum atomic E-state index is 14.2. The van der Waals surface area contributed by atoms with Gasteiger partial charge in [0, 0.05) is 25.2 Å². The standard InChI is InChI=1S/C16H20FN5O/c1-8-9(2)14(19-6-11(8)5-18)16(23)21-12-3-10-7-20-22-15(10)13(17)4-12/h6,10,12-13,15,20,22H,3-4,7H2,1-2H3,(H,21,23). The smallest absolute Gasteiger partial charge is 0.270 e. The van der Waals surface area contributed by atoms with E-state index in [4.69, 9.17) is 5.26 Å². The van der Waals surface area contributed by atoms with Gasteiger partial charge in [0.1, 0.15) is 17.9 Å². The Bertz CT molecular complexity index is 671. The van der Waals surface area contributed by atoms with Crippen LogP contribution >= 0.6 is 0 Å². The van der Waals surface area contributed by atoms with Gasteiger partial charge in [0.2, 0.25) is 0 Å². The molecule has 3 rings (SSSR count). The van der Waals surface area contributed by atoms with E-state index in [1.54, 1.807) is 13.8 Å². The fourth-order valence-corrected chi connectivity index (χ4v) is 3.46. The molecule has 0 spiro atoms. The Hall–Kier alpha value is -2.04. The van der Waals surface area contributed by atoms with Crippen molar-refractivity contribution in [2.75, 3.05) is 6.54 Å². The number of alkyl halides is 1. The maximum Gasteiger partial charge on any atom is 0.270 e. The number of carbonyl (C=O) groups excluding carboxylic acids is 1. The van der Waals surface area contributed by atoms with Crippen LogP contribution in [0.2, 0.25) is 0 Å². The normalized spacial score (nSPS) is 29.7. The quantitative estimate of drug-likeness (QED) is 0.754. The Morgan fingerprint density at radius 2 is 2.22 bits per heavy atom. The molecule has 2 fully saturated rings. The van der Waals surface area contributed by atoms with Crippen molar-refractivity contribution in [1.29, 1.82) is 5.26 Å². The fourth-order valence-electron chi connectivity index (χ4n) is 3.46. The molecule has 1 saturated carbocycles. The molecule has 23 heavy (non-hydrogen) atoms.